The first-order valence-corrected chi connectivity index (χ1v) is 11.8. The molecule has 0 saturated heterocycles. The molecule has 0 spiro atoms. The lowest BCUT2D eigenvalue weighted by Crippen LogP contribution is -2.00. The van der Waals surface area contributed by atoms with Gasteiger partial charge in [0.1, 0.15) is 5.01 Å². The van der Waals surface area contributed by atoms with Gasteiger partial charge in [0, 0.05) is 41.2 Å². The summed E-state index contributed by atoms with van der Waals surface area (Å²) < 4.78 is 13.2. The summed E-state index contributed by atoms with van der Waals surface area (Å²) in [4.78, 5) is 8.88. The van der Waals surface area contributed by atoms with Crippen LogP contribution in [0.4, 0.5) is 0 Å². The van der Waals surface area contributed by atoms with Crippen molar-refractivity contribution in [2.24, 2.45) is 0 Å². The molecule has 4 aromatic rings. The lowest BCUT2D eigenvalue weighted by Gasteiger charge is -2.09. The largest absolute Gasteiger partial charge is 0.493 e. The monoisotopic (exact) mass is 453 g/mol. The number of methoxy groups -OCH3 is 1. The summed E-state index contributed by atoms with van der Waals surface area (Å²) in [5.74, 6) is 3.03. The molecule has 3 aromatic heterocycles. The van der Waals surface area contributed by atoms with Gasteiger partial charge in [-0.05, 0) is 44.2 Å². The summed E-state index contributed by atoms with van der Waals surface area (Å²) in [6.07, 6.45) is 3.53. The highest BCUT2D eigenvalue weighted by molar-refractivity contribution is 7.98. The minimum atomic E-state index is 0.597. The lowest BCUT2D eigenvalue weighted by atomic mass is 10.2. The molecule has 0 amide bonds. The fourth-order valence-electron chi connectivity index (χ4n) is 3.11. The summed E-state index contributed by atoms with van der Waals surface area (Å²) in [6, 6.07) is 9.80. The average molecular weight is 454 g/mol. The third-order valence-corrected chi connectivity index (χ3v) is 6.52. The van der Waals surface area contributed by atoms with Crippen molar-refractivity contribution in [1.29, 1.82) is 0 Å². The Morgan fingerprint density at radius 3 is 2.61 bits per heavy atom. The Balaban J connectivity index is 1.49. The van der Waals surface area contributed by atoms with Crippen LogP contribution in [0.1, 0.15) is 19.5 Å². The van der Waals surface area contributed by atoms with Crippen LogP contribution in [0.5, 0.6) is 11.5 Å². The molecule has 0 saturated carbocycles. The molecule has 0 unspecified atom stereocenters. The molecule has 0 fully saturated rings. The van der Waals surface area contributed by atoms with Crippen LogP contribution in [-0.4, -0.2) is 38.4 Å². The van der Waals surface area contributed by atoms with Crippen LogP contribution >= 0.6 is 23.1 Å². The van der Waals surface area contributed by atoms with Gasteiger partial charge in [0.15, 0.2) is 22.5 Å². The first-order valence-electron chi connectivity index (χ1n) is 9.95. The molecule has 0 aliphatic carbocycles. The zero-order valence-corrected chi connectivity index (χ0v) is 19.2. The van der Waals surface area contributed by atoms with Gasteiger partial charge in [0.25, 0.3) is 0 Å². The lowest BCUT2D eigenvalue weighted by molar-refractivity contribution is 0.311. The van der Waals surface area contributed by atoms with Crippen LogP contribution in [0, 0.1) is 0 Å². The van der Waals surface area contributed by atoms with Gasteiger partial charge in [-0.3, -0.25) is 4.98 Å². The summed E-state index contributed by atoms with van der Waals surface area (Å²) in [6.45, 7) is 5.44. The topological polar surface area (TPSA) is 75.0 Å². The molecule has 0 bridgehead atoms. The minimum absolute atomic E-state index is 0.597. The SMILES string of the molecule is CCOc1ccc(-c2nc(CSc3nnc(-c4ccncc4)n3CC)cs2)cc1OC. The van der Waals surface area contributed by atoms with E-state index in [1.807, 2.05) is 37.3 Å². The Kier molecular flexibility index (Phi) is 6.83. The van der Waals surface area contributed by atoms with Crippen molar-refractivity contribution in [2.75, 3.05) is 13.7 Å². The predicted molar refractivity (Wildman–Crippen MR) is 124 cm³/mol. The molecule has 0 aliphatic heterocycles. The minimum Gasteiger partial charge on any atom is -0.493 e. The van der Waals surface area contributed by atoms with E-state index < -0.39 is 0 Å². The van der Waals surface area contributed by atoms with Crippen molar-refractivity contribution in [3.8, 4) is 33.5 Å². The van der Waals surface area contributed by atoms with E-state index in [2.05, 4.69) is 32.1 Å². The zero-order chi connectivity index (χ0) is 21.6. The maximum absolute atomic E-state index is 5.60. The molecular weight excluding hydrogens is 430 g/mol. The average Bonchev–Trinajstić information content (AvgIpc) is 3.45. The highest BCUT2D eigenvalue weighted by Crippen LogP contribution is 2.34. The first-order chi connectivity index (χ1) is 15.2. The zero-order valence-electron chi connectivity index (χ0n) is 17.6. The van der Waals surface area contributed by atoms with Crippen LogP contribution in [0.2, 0.25) is 0 Å². The molecule has 3 heterocycles. The summed E-state index contributed by atoms with van der Waals surface area (Å²) in [5.41, 5.74) is 3.03. The molecule has 0 atom stereocenters. The second-order valence-corrected chi connectivity index (χ2v) is 8.32. The first kappa shape index (κ1) is 21.3. The van der Waals surface area contributed by atoms with E-state index in [1.54, 1.807) is 42.6 Å². The van der Waals surface area contributed by atoms with E-state index in [0.29, 0.717) is 12.4 Å². The molecular formula is C22H23N5O2S2. The van der Waals surface area contributed by atoms with Gasteiger partial charge in [0.05, 0.1) is 19.4 Å². The predicted octanol–water partition coefficient (Wildman–Crippen LogP) is 5.18. The van der Waals surface area contributed by atoms with Gasteiger partial charge in [0.2, 0.25) is 0 Å². The maximum atomic E-state index is 5.60. The number of hydrogen-bond donors (Lipinski definition) is 0. The molecule has 7 nitrogen and oxygen atoms in total. The second-order valence-electron chi connectivity index (χ2n) is 6.52. The number of ether oxygens (including phenoxy) is 2. The Hall–Kier alpha value is -2.91. The number of benzene rings is 1. The third kappa shape index (κ3) is 4.72. The van der Waals surface area contributed by atoms with Crippen LogP contribution < -0.4 is 9.47 Å². The van der Waals surface area contributed by atoms with Crippen LogP contribution in [0.15, 0.2) is 53.3 Å². The Labute approximate surface area is 189 Å². The number of aromatic nitrogens is 5. The van der Waals surface area contributed by atoms with Gasteiger partial charge < -0.3 is 14.0 Å². The number of thiazole rings is 1. The van der Waals surface area contributed by atoms with E-state index in [-0.39, 0.29) is 0 Å². The molecule has 0 N–H and O–H groups in total. The smallest absolute Gasteiger partial charge is 0.191 e. The number of nitrogens with zero attached hydrogens (tertiary/aromatic N) is 5. The molecule has 0 radical (unpaired) electrons. The van der Waals surface area contributed by atoms with Gasteiger partial charge >= 0.3 is 0 Å². The van der Waals surface area contributed by atoms with Crippen molar-refractivity contribution in [2.45, 2.75) is 31.3 Å². The fourth-order valence-corrected chi connectivity index (χ4v) is 4.93. The molecule has 1 aromatic carbocycles. The molecule has 31 heavy (non-hydrogen) atoms. The van der Waals surface area contributed by atoms with E-state index in [4.69, 9.17) is 14.5 Å². The summed E-state index contributed by atoms with van der Waals surface area (Å²) in [7, 11) is 1.65. The van der Waals surface area contributed by atoms with Crippen molar-refractivity contribution in [1.82, 2.24) is 24.7 Å². The van der Waals surface area contributed by atoms with Gasteiger partial charge in [-0.1, -0.05) is 11.8 Å². The Morgan fingerprint density at radius 1 is 1.03 bits per heavy atom. The van der Waals surface area contributed by atoms with Gasteiger partial charge in [-0.25, -0.2) is 4.98 Å². The Morgan fingerprint density at radius 2 is 1.87 bits per heavy atom. The number of rotatable bonds is 9. The van der Waals surface area contributed by atoms with E-state index in [1.165, 1.54) is 0 Å². The number of pyridine rings is 1. The molecule has 160 valence electrons. The quantitative estimate of drug-likeness (QED) is 0.323. The van der Waals surface area contributed by atoms with Crippen molar-refractivity contribution < 1.29 is 9.47 Å². The molecule has 4 rings (SSSR count). The maximum Gasteiger partial charge on any atom is 0.191 e. The second kappa shape index (κ2) is 9.93. The van der Waals surface area contributed by atoms with Gasteiger partial charge in [-0.15, -0.1) is 21.5 Å². The van der Waals surface area contributed by atoms with E-state index >= 15 is 0 Å². The number of hydrogen-bond acceptors (Lipinski definition) is 8. The van der Waals surface area contributed by atoms with Crippen LogP contribution in [0.25, 0.3) is 22.0 Å². The third-order valence-electron chi connectivity index (χ3n) is 4.58. The number of thioether (sulfide) groups is 1. The fraction of sp³-hybridized carbons (Fsp3) is 0.273. The highest BCUT2D eigenvalue weighted by atomic mass is 32.2. The summed E-state index contributed by atoms with van der Waals surface area (Å²) >= 11 is 3.26. The molecule has 0 aliphatic rings. The van der Waals surface area contributed by atoms with Crippen LogP contribution in [0.3, 0.4) is 0 Å². The normalized spacial score (nSPS) is 10.9. The summed E-state index contributed by atoms with van der Waals surface area (Å²) in [5, 5.41) is 12.7. The molecule has 9 heteroatoms. The van der Waals surface area contributed by atoms with E-state index in [0.717, 1.165) is 50.9 Å². The van der Waals surface area contributed by atoms with Crippen molar-refractivity contribution >= 4 is 23.1 Å². The van der Waals surface area contributed by atoms with Crippen LogP contribution in [-0.2, 0) is 12.3 Å². The van der Waals surface area contributed by atoms with Crippen molar-refractivity contribution in [3.63, 3.8) is 0 Å². The Bertz CT molecular complexity index is 1140. The highest BCUT2D eigenvalue weighted by Gasteiger charge is 2.15. The van der Waals surface area contributed by atoms with Crippen molar-refractivity contribution in [3.05, 3.63) is 53.8 Å². The van der Waals surface area contributed by atoms with Gasteiger partial charge in [-0.2, -0.15) is 0 Å². The standard InChI is InChI=1S/C22H23N5O2S2/c1-4-27-20(15-8-10-23-11-9-15)25-26-22(27)31-14-17-13-30-21(24-17)16-6-7-18(29-5-2)19(12-16)28-3/h6-13H,4-5,14H2,1-3H3. The van der Waals surface area contributed by atoms with E-state index in [9.17, 15) is 0 Å².